The van der Waals surface area contributed by atoms with Crippen LogP contribution in [-0.4, -0.2) is 6.61 Å². The minimum absolute atomic E-state index is 0.0283. The van der Waals surface area contributed by atoms with Crippen molar-refractivity contribution in [2.75, 3.05) is 6.61 Å². The van der Waals surface area contributed by atoms with Crippen LogP contribution in [0.3, 0.4) is 0 Å². The first-order valence-electron chi connectivity index (χ1n) is 13.7. The Balaban J connectivity index is 1.47. The molecule has 1 saturated carbocycles. The first-order valence-corrected chi connectivity index (χ1v) is 13.7. The van der Waals surface area contributed by atoms with E-state index in [1.165, 1.54) is 6.07 Å². The van der Waals surface area contributed by atoms with Gasteiger partial charge in [0.05, 0.1) is 6.61 Å². The summed E-state index contributed by atoms with van der Waals surface area (Å²) in [4.78, 5) is 0. The number of aryl methyl sites for hydroxylation is 2. The summed E-state index contributed by atoms with van der Waals surface area (Å²) in [6.07, 6.45) is 13.9. The number of benzene rings is 2. The highest BCUT2D eigenvalue weighted by atomic mass is 19.2. The lowest BCUT2D eigenvalue weighted by molar-refractivity contribution is 0.288. The highest BCUT2D eigenvalue weighted by Gasteiger charge is 2.25. The molecular weight excluding hydrogens is 464 g/mol. The number of hydrogen-bond acceptors (Lipinski definition) is 1. The lowest BCUT2D eigenvalue weighted by atomic mass is 9.78. The molecule has 36 heavy (non-hydrogen) atoms. The van der Waals surface area contributed by atoms with Gasteiger partial charge in [-0.15, -0.1) is 0 Å². The van der Waals surface area contributed by atoms with Gasteiger partial charge < -0.3 is 4.74 Å². The average Bonchev–Trinajstić information content (AvgIpc) is 2.89. The lowest BCUT2D eigenvalue weighted by Gasteiger charge is -2.27. The van der Waals surface area contributed by atoms with Crippen LogP contribution in [0, 0.1) is 29.2 Å². The minimum Gasteiger partial charge on any atom is -0.490 e. The zero-order valence-corrected chi connectivity index (χ0v) is 21.7. The Hall–Kier alpha value is -2.30. The second-order valence-electron chi connectivity index (χ2n) is 10.0. The van der Waals surface area contributed by atoms with Crippen molar-refractivity contribution in [3.05, 3.63) is 76.4 Å². The van der Waals surface area contributed by atoms with Gasteiger partial charge in [0.25, 0.3) is 0 Å². The molecule has 3 rings (SSSR count). The van der Waals surface area contributed by atoms with E-state index in [2.05, 4.69) is 13.0 Å². The Bertz CT molecular complexity index is 993. The molecule has 1 nitrogen and oxygen atoms in total. The third kappa shape index (κ3) is 7.60. The molecule has 5 heteroatoms. The molecule has 0 amide bonds. The van der Waals surface area contributed by atoms with Gasteiger partial charge in [-0.3, -0.25) is 0 Å². The second kappa shape index (κ2) is 14.4. The van der Waals surface area contributed by atoms with E-state index in [1.54, 1.807) is 18.2 Å². The molecular formula is C31H40F4O. The van der Waals surface area contributed by atoms with Gasteiger partial charge in [-0.05, 0) is 92.4 Å². The van der Waals surface area contributed by atoms with E-state index < -0.39 is 23.3 Å². The highest BCUT2D eigenvalue weighted by Crippen LogP contribution is 2.38. The highest BCUT2D eigenvalue weighted by molar-refractivity contribution is 5.32. The van der Waals surface area contributed by atoms with Crippen LogP contribution >= 0.6 is 0 Å². The van der Waals surface area contributed by atoms with E-state index >= 15 is 0 Å². The molecule has 0 bridgehead atoms. The number of rotatable bonds is 13. The molecule has 0 heterocycles. The number of ether oxygens (including phenoxy) is 1. The van der Waals surface area contributed by atoms with Crippen LogP contribution in [0.2, 0.25) is 0 Å². The Morgan fingerprint density at radius 1 is 0.750 bits per heavy atom. The molecule has 0 N–H and O–H groups in total. The zero-order chi connectivity index (χ0) is 25.9. The largest absolute Gasteiger partial charge is 0.490 e. The van der Waals surface area contributed by atoms with Gasteiger partial charge in [0.15, 0.2) is 23.2 Å². The Morgan fingerprint density at radius 2 is 1.42 bits per heavy atom. The van der Waals surface area contributed by atoms with Gasteiger partial charge >= 0.3 is 0 Å². The smallest absolute Gasteiger partial charge is 0.200 e. The summed E-state index contributed by atoms with van der Waals surface area (Å²) >= 11 is 0. The summed E-state index contributed by atoms with van der Waals surface area (Å²) in [5, 5.41) is 0. The summed E-state index contributed by atoms with van der Waals surface area (Å²) in [5.41, 5.74) is 1.34. The van der Waals surface area contributed by atoms with Gasteiger partial charge in [0, 0.05) is 0 Å². The number of halogens is 4. The van der Waals surface area contributed by atoms with Gasteiger partial charge in [-0.1, -0.05) is 63.5 Å². The van der Waals surface area contributed by atoms with E-state index in [4.69, 9.17) is 4.74 Å². The molecule has 198 valence electrons. The SMILES string of the molecule is CCCCCc1ccc(C2CCC(/C=C/CCc3ccc(OCCCC)c(F)c3F)CC2)c(F)c1F. The molecule has 0 radical (unpaired) electrons. The molecule has 0 unspecified atom stereocenters. The van der Waals surface area contributed by atoms with Crippen LogP contribution < -0.4 is 4.74 Å². The molecule has 2 aromatic carbocycles. The number of hydrogen-bond donors (Lipinski definition) is 0. The zero-order valence-electron chi connectivity index (χ0n) is 21.7. The first kappa shape index (κ1) is 28.3. The van der Waals surface area contributed by atoms with Gasteiger partial charge in [-0.25, -0.2) is 13.2 Å². The second-order valence-corrected chi connectivity index (χ2v) is 10.0. The molecule has 0 saturated heterocycles. The normalized spacial score (nSPS) is 18.2. The summed E-state index contributed by atoms with van der Waals surface area (Å²) < 4.78 is 63.3. The van der Waals surface area contributed by atoms with Gasteiger partial charge in [0.1, 0.15) is 0 Å². The van der Waals surface area contributed by atoms with Crippen molar-refractivity contribution in [1.29, 1.82) is 0 Å². The van der Waals surface area contributed by atoms with Crippen molar-refractivity contribution in [1.82, 2.24) is 0 Å². The van der Waals surface area contributed by atoms with Crippen molar-refractivity contribution in [3.63, 3.8) is 0 Å². The van der Waals surface area contributed by atoms with Crippen molar-refractivity contribution >= 4 is 0 Å². The minimum atomic E-state index is -0.913. The van der Waals surface area contributed by atoms with Crippen molar-refractivity contribution in [3.8, 4) is 5.75 Å². The standard InChI is InChI=1S/C31H40F4O/c1-3-5-7-11-24-17-19-26(30(34)28(24)32)23-15-13-22(14-16-23)10-8-9-12-25-18-20-27(31(35)29(25)33)36-21-6-4-2/h8,10,17-20,22-23H,3-7,9,11-16,21H2,1-2H3/b10-8+. The maximum Gasteiger partial charge on any atom is 0.200 e. The molecule has 0 aromatic heterocycles. The fraction of sp³-hybridized carbons (Fsp3) is 0.548. The molecule has 2 aromatic rings. The third-order valence-electron chi connectivity index (χ3n) is 7.32. The predicted octanol–water partition coefficient (Wildman–Crippen LogP) is 9.62. The fourth-order valence-electron chi connectivity index (χ4n) is 5.03. The van der Waals surface area contributed by atoms with E-state index in [1.807, 2.05) is 13.0 Å². The van der Waals surface area contributed by atoms with Crippen LogP contribution in [0.1, 0.15) is 101 Å². The monoisotopic (exact) mass is 504 g/mol. The van der Waals surface area contributed by atoms with E-state index in [0.29, 0.717) is 48.5 Å². The van der Waals surface area contributed by atoms with E-state index in [-0.39, 0.29) is 11.7 Å². The van der Waals surface area contributed by atoms with Crippen molar-refractivity contribution in [2.24, 2.45) is 5.92 Å². The van der Waals surface area contributed by atoms with Crippen LogP contribution in [0.15, 0.2) is 36.4 Å². The topological polar surface area (TPSA) is 9.23 Å². The molecule has 0 aliphatic heterocycles. The van der Waals surface area contributed by atoms with Crippen LogP contribution in [0.25, 0.3) is 0 Å². The Kier molecular flexibility index (Phi) is 11.3. The van der Waals surface area contributed by atoms with Gasteiger partial charge in [0.2, 0.25) is 5.82 Å². The van der Waals surface area contributed by atoms with E-state index in [9.17, 15) is 17.6 Å². The van der Waals surface area contributed by atoms with Crippen LogP contribution in [0.5, 0.6) is 5.75 Å². The lowest BCUT2D eigenvalue weighted by Crippen LogP contribution is -2.14. The van der Waals surface area contributed by atoms with Crippen molar-refractivity contribution < 1.29 is 22.3 Å². The van der Waals surface area contributed by atoms with Crippen LogP contribution in [-0.2, 0) is 12.8 Å². The Labute approximate surface area is 214 Å². The van der Waals surface area contributed by atoms with Crippen molar-refractivity contribution in [2.45, 2.75) is 96.8 Å². The number of unbranched alkanes of at least 4 members (excludes halogenated alkanes) is 3. The maximum absolute atomic E-state index is 14.8. The number of allylic oxidation sites excluding steroid dienone is 2. The maximum atomic E-state index is 14.8. The van der Waals surface area contributed by atoms with Gasteiger partial charge in [-0.2, -0.15) is 4.39 Å². The average molecular weight is 505 g/mol. The molecule has 1 aliphatic carbocycles. The third-order valence-corrected chi connectivity index (χ3v) is 7.32. The van der Waals surface area contributed by atoms with Crippen LogP contribution in [0.4, 0.5) is 17.6 Å². The predicted molar refractivity (Wildman–Crippen MR) is 139 cm³/mol. The summed E-state index contributed by atoms with van der Waals surface area (Å²) in [5.74, 6) is -2.69. The molecule has 1 aliphatic rings. The Morgan fingerprint density at radius 3 is 2.14 bits per heavy atom. The van der Waals surface area contributed by atoms with E-state index in [0.717, 1.165) is 57.8 Å². The first-order chi connectivity index (χ1) is 17.5. The fourth-order valence-corrected chi connectivity index (χ4v) is 5.03. The molecule has 0 spiro atoms. The summed E-state index contributed by atoms with van der Waals surface area (Å²) in [7, 11) is 0. The molecule has 0 atom stereocenters. The summed E-state index contributed by atoms with van der Waals surface area (Å²) in [6.45, 7) is 4.48. The quantitative estimate of drug-likeness (QED) is 0.150. The molecule has 1 fully saturated rings. The summed E-state index contributed by atoms with van der Waals surface area (Å²) in [6, 6.07) is 6.66.